The number of carbonyl (C=O) groups is 1. The zero-order valence-electron chi connectivity index (χ0n) is 8.54. The molecule has 1 fully saturated rings. The van der Waals surface area contributed by atoms with Gasteiger partial charge >= 0.3 is 5.97 Å². The van der Waals surface area contributed by atoms with Gasteiger partial charge in [0.1, 0.15) is 15.3 Å². The fourth-order valence-electron chi connectivity index (χ4n) is 1.31. The Kier molecular flexibility index (Phi) is 3.95. The van der Waals surface area contributed by atoms with Gasteiger partial charge in [-0.05, 0) is 60.6 Å². The molecule has 1 aliphatic carbocycles. The third kappa shape index (κ3) is 2.59. The molecular weight excluding hydrogens is 420 g/mol. The van der Waals surface area contributed by atoms with E-state index in [0.29, 0.717) is 19.2 Å². The monoisotopic (exact) mass is 424 g/mol. The predicted octanol–water partition coefficient (Wildman–Crippen LogP) is 3.56. The number of aromatic nitrogens is 1. The molecule has 0 bridgehead atoms. The molecule has 0 saturated heterocycles. The van der Waals surface area contributed by atoms with Crippen molar-refractivity contribution in [3.8, 4) is 6.07 Å². The molecule has 1 aromatic heterocycles. The molecule has 1 saturated carbocycles. The smallest absolute Gasteiger partial charge is 0.310 e. The molecule has 0 unspecified atom stereocenters. The highest BCUT2D eigenvalue weighted by Gasteiger charge is 2.31. The maximum Gasteiger partial charge on any atom is 0.310 e. The predicted molar refractivity (Wildman–Crippen MR) is 71.1 cm³/mol. The van der Waals surface area contributed by atoms with Gasteiger partial charge in [0.05, 0.1) is 16.0 Å². The van der Waals surface area contributed by atoms with E-state index in [1.807, 2.05) is 0 Å². The summed E-state index contributed by atoms with van der Waals surface area (Å²) in [4.78, 5) is 11.4. The van der Waals surface area contributed by atoms with E-state index in [2.05, 4.69) is 53.9 Å². The highest BCUT2D eigenvalue weighted by atomic mass is 79.9. The highest BCUT2D eigenvalue weighted by Crippen LogP contribution is 2.36. The van der Waals surface area contributed by atoms with Crippen molar-refractivity contribution in [2.45, 2.75) is 19.6 Å². The summed E-state index contributed by atoms with van der Waals surface area (Å²) < 4.78 is 8.73. The average Bonchev–Trinajstić information content (AvgIpc) is 3.10. The van der Waals surface area contributed by atoms with Crippen LogP contribution in [-0.4, -0.2) is 10.5 Å². The molecule has 90 valence electrons. The van der Waals surface area contributed by atoms with Crippen molar-refractivity contribution in [3.63, 3.8) is 0 Å². The van der Waals surface area contributed by atoms with Crippen LogP contribution < -0.4 is 0 Å². The Labute approximate surface area is 123 Å². The third-order valence-corrected chi connectivity index (χ3v) is 5.39. The molecule has 0 aliphatic heterocycles. The molecule has 1 aliphatic rings. The number of carbonyl (C=O) groups excluding carboxylic acids is 1. The van der Waals surface area contributed by atoms with E-state index < -0.39 is 0 Å². The van der Waals surface area contributed by atoms with Gasteiger partial charge in [0.15, 0.2) is 6.73 Å². The average molecular weight is 427 g/mol. The van der Waals surface area contributed by atoms with E-state index in [-0.39, 0.29) is 18.6 Å². The number of nitriles is 1. The van der Waals surface area contributed by atoms with Gasteiger partial charge in [-0.15, -0.1) is 0 Å². The molecule has 1 heterocycles. The van der Waals surface area contributed by atoms with E-state index >= 15 is 0 Å². The first kappa shape index (κ1) is 13.1. The summed E-state index contributed by atoms with van der Waals surface area (Å²) in [6.07, 6.45) is 1.83. The summed E-state index contributed by atoms with van der Waals surface area (Å²) in [7, 11) is 0. The number of ether oxygens (including phenoxy) is 1. The zero-order valence-corrected chi connectivity index (χ0v) is 13.3. The van der Waals surface area contributed by atoms with E-state index in [1.165, 1.54) is 0 Å². The number of esters is 1. The van der Waals surface area contributed by atoms with Crippen LogP contribution in [0.1, 0.15) is 18.4 Å². The van der Waals surface area contributed by atoms with Gasteiger partial charge in [0.25, 0.3) is 0 Å². The van der Waals surface area contributed by atoms with Crippen molar-refractivity contribution >= 4 is 53.8 Å². The normalized spacial score (nSPS) is 14.5. The molecule has 1 aromatic rings. The van der Waals surface area contributed by atoms with Gasteiger partial charge in [-0.1, -0.05) is 0 Å². The largest absolute Gasteiger partial charge is 0.444 e. The number of hydrogen-bond donors (Lipinski definition) is 0. The fourth-order valence-corrected chi connectivity index (χ4v) is 3.35. The van der Waals surface area contributed by atoms with Gasteiger partial charge in [0.2, 0.25) is 0 Å². The summed E-state index contributed by atoms with van der Waals surface area (Å²) in [5, 5.41) is 8.96. The first-order valence-corrected chi connectivity index (χ1v) is 7.24. The molecule has 4 nitrogen and oxygen atoms in total. The van der Waals surface area contributed by atoms with Crippen molar-refractivity contribution in [2.75, 3.05) is 0 Å². The van der Waals surface area contributed by atoms with Gasteiger partial charge in [0, 0.05) is 0 Å². The topological polar surface area (TPSA) is 55.0 Å². The molecule has 0 radical (unpaired) electrons. The molecule has 2 rings (SSSR count). The Morgan fingerprint density at radius 2 is 2.06 bits per heavy atom. The van der Waals surface area contributed by atoms with Crippen molar-refractivity contribution < 1.29 is 9.53 Å². The first-order valence-electron chi connectivity index (χ1n) is 4.86. The summed E-state index contributed by atoms with van der Waals surface area (Å²) in [5.41, 5.74) is 0.472. The minimum atomic E-state index is -0.174. The maximum absolute atomic E-state index is 11.4. The Morgan fingerprint density at radius 1 is 1.41 bits per heavy atom. The highest BCUT2D eigenvalue weighted by molar-refractivity contribution is 9.13. The maximum atomic E-state index is 11.4. The molecule has 0 spiro atoms. The van der Waals surface area contributed by atoms with E-state index in [9.17, 15) is 4.79 Å². The van der Waals surface area contributed by atoms with Crippen molar-refractivity contribution in [1.82, 2.24) is 4.57 Å². The first-order chi connectivity index (χ1) is 8.06. The van der Waals surface area contributed by atoms with Crippen LogP contribution in [0.2, 0.25) is 0 Å². The van der Waals surface area contributed by atoms with Gasteiger partial charge in [-0.2, -0.15) is 5.26 Å². The van der Waals surface area contributed by atoms with Crippen LogP contribution in [0.5, 0.6) is 0 Å². The molecule has 0 N–H and O–H groups in total. The van der Waals surface area contributed by atoms with Crippen molar-refractivity contribution in [3.05, 3.63) is 19.2 Å². The van der Waals surface area contributed by atoms with Crippen molar-refractivity contribution in [2.24, 2.45) is 5.92 Å². The van der Waals surface area contributed by atoms with E-state index in [0.717, 1.165) is 12.8 Å². The third-order valence-electron chi connectivity index (χ3n) is 2.44. The van der Waals surface area contributed by atoms with Crippen LogP contribution >= 0.6 is 47.8 Å². The van der Waals surface area contributed by atoms with E-state index in [1.54, 1.807) is 4.57 Å². The summed E-state index contributed by atoms with van der Waals surface area (Å²) in [6.45, 7) is 0.0940. The van der Waals surface area contributed by atoms with Crippen LogP contribution in [0.4, 0.5) is 0 Å². The lowest BCUT2D eigenvalue weighted by Crippen LogP contribution is -2.11. The molecule has 7 heteroatoms. The second-order valence-electron chi connectivity index (χ2n) is 3.68. The second kappa shape index (κ2) is 5.12. The van der Waals surface area contributed by atoms with Crippen LogP contribution in [0, 0.1) is 17.2 Å². The minimum absolute atomic E-state index is 0.0713. The van der Waals surface area contributed by atoms with E-state index in [4.69, 9.17) is 10.00 Å². The molecule has 17 heavy (non-hydrogen) atoms. The second-order valence-corrected chi connectivity index (χ2v) is 5.97. The Balaban J connectivity index is 2.15. The van der Waals surface area contributed by atoms with Crippen LogP contribution in [0.3, 0.4) is 0 Å². The van der Waals surface area contributed by atoms with Gasteiger partial charge in [-0.25, -0.2) is 0 Å². The molecular formula is C10H7Br3N2O2. The molecule has 0 atom stereocenters. The number of nitrogens with zero attached hydrogens (tertiary/aromatic N) is 2. The van der Waals surface area contributed by atoms with Gasteiger partial charge in [-0.3, -0.25) is 9.36 Å². The van der Waals surface area contributed by atoms with Crippen LogP contribution in [-0.2, 0) is 16.3 Å². The zero-order chi connectivity index (χ0) is 12.6. The Bertz CT molecular complexity index is 515. The summed E-state index contributed by atoms with van der Waals surface area (Å²) in [5.74, 6) is -0.103. The summed E-state index contributed by atoms with van der Waals surface area (Å²) in [6, 6.07) is 2.06. The standard InChI is InChI=1S/C10H7Br3N2O2/c11-7-6(3-14)8(12)15(9(7)13)4-17-10(16)5-1-2-5/h5H,1-2,4H2. The fraction of sp³-hybridized carbons (Fsp3) is 0.400. The minimum Gasteiger partial charge on any atom is -0.444 e. The summed E-state index contributed by atoms with van der Waals surface area (Å²) >= 11 is 9.94. The number of halogens is 3. The molecule has 0 amide bonds. The number of hydrogen-bond acceptors (Lipinski definition) is 3. The Hall–Kier alpha value is -0.320. The SMILES string of the molecule is N#Cc1c(Br)c(Br)n(COC(=O)C2CC2)c1Br. The quantitative estimate of drug-likeness (QED) is 0.694. The Morgan fingerprint density at radius 3 is 2.53 bits per heavy atom. The lowest BCUT2D eigenvalue weighted by atomic mass is 10.4. The van der Waals surface area contributed by atoms with Crippen LogP contribution in [0.25, 0.3) is 0 Å². The van der Waals surface area contributed by atoms with Crippen molar-refractivity contribution in [1.29, 1.82) is 5.26 Å². The lowest BCUT2D eigenvalue weighted by Gasteiger charge is -2.08. The molecule has 0 aromatic carbocycles. The van der Waals surface area contributed by atoms with Crippen LogP contribution in [0.15, 0.2) is 13.7 Å². The number of rotatable bonds is 3. The lowest BCUT2D eigenvalue weighted by molar-refractivity contribution is -0.149. The van der Waals surface area contributed by atoms with Gasteiger partial charge < -0.3 is 4.74 Å².